The lowest BCUT2D eigenvalue weighted by Gasteiger charge is -2.05. The van der Waals surface area contributed by atoms with E-state index in [9.17, 15) is 0 Å². The summed E-state index contributed by atoms with van der Waals surface area (Å²) in [6.45, 7) is 0.718. The second-order valence-corrected chi connectivity index (χ2v) is 4.32. The highest BCUT2D eigenvalue weighted by Gasteiger charge is 2.01. The van der Waals surface area contributed by atoms with Crippen LogP contribution < -0.4 is 10.5 Å². The van der Waals surface area contributed by atoms with Crippen molar-refractivity contribution in [1.29, 1.82) is 0 Å². The number of rotatable bonds is 5. The zero-order chi connectivity index (χ0) is 10.4. The molecule has 4 heteroatoms. The minimum atomic E-state index is 0.653. The highest BCUT2D eigenvalue weighted by Crippen LogP contribution is 2.26. The van der Waals surface area contributed by atoms with Crippen LogP contribution in [0.4, 0.5) is 0 Å². The normalized spacial score (nSPS) is 10.2. The van der Waals surface area contributed by atoms with E-state index in [-0.39, 0.29) is 0 Å². The van der Waals surface area contributed by atoms with E-state index in [4.69, 9.17) is 22.1 Å². The molecule has 0 heterocycles. The fraction of sp³-hybridized carbons (Fsp3) is 0.400. The Morgan fingerprint density at radius 1 is 1.50 bits per heavy atom. The first-order valence-electron chi connectivity index (χ1n) is 4.38. The van der Waals surface area contributed by atoms with E-state index >= 15 is 0 Å². The predicted octanol–water partition coefficient (Wildman–Crippen LogP) is 2.54. The number of hydrogen-bond donors (Lipinski definition) is 1. The average Bonchev–Trinajstić information content (AvgIpc) is 2.21. The van der Waals surface area contributed by atoms with Crippen molar-refractivity contribution in [2.24, 2.45) is 5.73 Å². The molecule has 0 aliphatic rings. The van der Waals surface area contributed by atoms with Gasteiger partial charge in [-0.2, -0.15) is 11.8 Å². The number of halogens is 1. The van der Waals surface area contributed by atoms with Crippen LogP contribution in [-0.4, -0.2) is 19.4 Å². The van der Waals surface area contributed by atoms with Crippen LogP contribution in [0.1, 0.15) is 5.56 Å². The second-order valence-electron chi connectivity index (χ2n) is 2.81. The summed E-state index contributed by atoms with van der Waals surface area (Å²) in [6.07, 6.45) is 0. The van der Waals surface area contributed by atoms with Gasteiger partial charge in [0.25, 0.3) is 0 Å². The Balaban J connectivity index is 2.60. The predicted molar refractivity (Wildman–Crippen MR) is 63.2 cm³/mol. The van der Waals surface area contributed by atoms with Gasteiger partial charge in [-0.25, -0.2) is 0 Å². The topological polar surface area (TPSA) is 35.2 Å². The number of benzene rings is 1. The molecule has 0 amide bonds. The van der Waals surface area contributed by atoms with Crippen molar-refractivity contribution in [3.63, 3.8) is 0 Å². The number of ether oxygens (including phenoxy) is 1. The van der Waals surface area contributed by atoms with Crippen LogP contribution in [-0.2, 0) is 5.75 Å². The number of thioether (sulfide) groups is 1. The lowest BCUT2D eigenvalue weighted by Crippen LogP contribution is -2.01. The van der Waals surface area contributed by atoms with Crippen LogP contribution >= 0.6 is 23.4 Å². The highest BCUT2D eigenvalue weighted by atomic mass is 35.5. The van der Waals surface area contributed by atoms with Gasteiger partial charge >= 0.3 is 0 Å². The molecule has 0 saturated carbocycles. The van der Waals surface area contributed by atoms with Crippen molar-refractivity contribution in [3.05, 3.63) is 28.8 Å². The van der Waals surface area contributed by atoms with Gasteiger partial charge in [0.2, 0.25) is 0 Å². The molecule has 0 aliphatic carbocycles. The Bertz CT molecular complexity index is 293. The summed E-state index contributed by atoms with van der Waals surface area (Å²) < 4.78 is 5.13. The Hall–Kier alpha value is -0.380. The van der Waals surface area contributed by atoms with Crippen molar-refractivity contribution < 1.29 is 4.74 Å². The van der Waals surface area contributed by atoms with Crippen LogP contribution in [0.2, 0.25) is 5.02 Å². The summed E-state index contributed by atoms with van der Waals surface area (Å²) in [5.41, 5.74) is 6.62. The van der Waals surface area contributed by atoms with Crippen molar-refractivity contribution in [2.75, 3.05) is 19.4 Å². The average molecular weight is 232 g/mol. The SMILES string of the molecule is COc1cc(CSCCN)ccc1Cl. The molecular weight excluding hydrogens is 218 g/mol. The van der Waals surface area contributed by atoms with E-state index in [0.717, 1.165) is 23.8 Å². The zero-order valence-electron chi connectivity index (χ0n) is 8.13. The second kappa shape index (κ2) is 6.17. The summed E-state index contributed by atoms with van der Waals surface area (Å²) in [7, 11) is 1.62. The van der Waals surface area contributed by atoms with Gasteiger partial charge in [-0.1, -0.05) is 17.7 Å². The Morgan fingerprint density at radius 3 is 2.93 bits per heavy atom. The molecule has 78 valence electrons. The lowest BCUT2D eigenvalue weighted by atomic mass is 10.2. The molecule has 2 N–H and O–H groups in total. The first-order chi connectivity index (χ1) is 6.77. The van der Waals surface area contributed by atoms with Gasteiger partial charge in [0.05, 0.1) is 12.1 Å². The van der Waals surface area contributed by atoms with Crippen molar-refractivity contribution >= 4 is 23.4 Å². The van der Waals surface area contributed by atoms with Gasteiger partial charge in [0.15, 0.2) is 0 Å². The summed E-state index contributed by atoms with van der Waals surface area (Å²) in [5.74, 6) is 2.66. The lowest BCUT2D eigenvalue weighted by molar-refractivity contribution is 0.414. The molecule has 0 unspecified atom stereocenters. The molecule has 0 bridgehead atoms. The van der Waals surface area contributed by atoms with Gasteiger partial charge in [-0.15, -0.1) is 0 Å². The molecule has 2 nitrogen and oxygen atoms in total. The van der Waals surface area contributed by atoms with E-state index in [2.05, 4.69) is 0 Å². The van der Waals surface area contributed by atoms with Crippen molar-refractivity contribution in [1.82, 2.24) is 0 Å². The van der Waals surface area contributed by atoms with Crippen molar-refractivity contribution in [2.45, 2.75) is 5.75 Å². The van der Waals surface area contributed by atoms with Gasteiger partial charge < -0.3 is 10.5 Å². The Kier molecular flexibility index (Phi) is 5.15. The maximum Gasteiger partial charge on any atom is 0.137 e. The maximum atomic E-state index is 5.91. The molecule has 0 fully saturated rings. The molecule has 0 radical (unpaired) electrons. The van der Waals surface area contributed by atoms with Crippen LogP contribution in [0.25, 0.3) is 0 Å². The minimum Gasteiger partial charge on any atom is -0.495 e. The van der Waals surface area contributed by atoms with Crippen LogP contribution in [0, 0.1) is 0 Å². The van der Waals surface area contributed by atoms with Crippen LogP contribution in [0.5, 0.6) is 5.75 Å². The third-order valence-electron chi connectivity index (χ3n) is 1.75. The Labute approximate surface area is 93.8 Å². The van der Waals surface area contributed by atoms with E-state index in [1.165, 1.54) is 5.56 Å². The minimum absolute atomic E-state index is 0.653. The summed E-state index contributed by atoms with van der Waals surface area (Å²) >= 11 is 7.71. The molecule has 0 aliphatic heterocycles. The van der Waals surface area contributed by atoms with E-state index in [0.29, 0.717) is 5.02 Å². The molecule has 1 aromatic carbocycles. The Morgan fingerprint density at radius 2 is 2.29 bits per heavy atom. The molecular formula is C10H14ClNOS. The number of hydrogen-bond acceptors (Lipinski definition) is 3. The third-order valence-corrected chi connectivity index (χ3v) is 3.12. The van der Waals surface area contributed by atoms with E-state index < -0.39 is 0 Å². The molecule has 1 rings (SSSR count). The third kappa shape index (κ3) is 3.40. The first-order valence-corrected chi connectivity index (χ1v) is 5.91. The fourth-order valence-electron chi connectivity index (χ4n) is 1.07. The standard InChI is InChI=1S/C10H14ClNOS/c1-13-10-6-8(2-3-9(10)11)7-14-5-4-12/h2-3,6H,4-5,7,12H2,1H3. The van der Waals surface area contributed by atoms with Gasteiger partial charge in [0, 0.05) is 18.1 Å². The van der Waals surface area contributed by atoms with Gasteiger partial charge in [-0.3, -0.25) is 0 Å². The molecule has 0 atom stereocenters. The molecule has 14 heavy (non-hydrogen) atoms. The highest BCUT2D eigenvalue weighted by molar-refractivity contribution is 7.98. The zero-order valence-corrected chi connectivity index (χ0v) is 9.70. The molecule has 0 saturated heterocycles. The van der Waals surface area contributed by atoms with E-state index in [1.807, 2.05) is 30.0 Å². The largest absolute Gasteiger partial charge is 0.495 e. The fourth-order valence-corrected chi connectivity index (χ4v) is 1.99. The monoisotopic (exact) mass is 231 g/mol. The van der Waals surface area contributed by atoms with Gasteiger partial charge in [0.1, 0.15) is 5.75 Å². The number of methoxy groups -OCH3 is 1. The summed E-state index contributed by atoms with van der Waals surface area (Å²) in [6, 6.07) is 5.83. The summed E-state index contributed by atoms with van der Waals surface area (Å²) in [5, 5.41) is 0.653. The van der Waals surface area contributed by atoms with E-state index in [1.54, 1.807) is 7.11 Å². The first kappa shape index (κ1) is 11.7. The van der Waals surface area contributed by atoms with Crippen LogP contribution in [0.15, 0.2) is 18.2 Å². The smallest absolute Gasteiger partial charge is 0.137 e. The van der Waals surface area contributed by atoms with Crippen molar-refractivity contribution in [3.8, 4) is 5.75 Å². The van der Waals surface area contributed by atoms with Crippen LogP contribution in [0.3, 0.4) is 0 Å². The number of nitrogens with two attached hydrogens (primary N) is 1. The molecule has 0 spiro atoms. The van der Waals surface area contributed by atoms with Gasteiger partial charge in [-0.05, 0) is 17.7 Å². The molecule has 1 aromatic rings. The maximum absolute atomic E-state index is 5.91. The quantitative estimate of drug-likeness (QED) is 0.792. The molecule has 0 aromatic heterocycles. The summed E-state index contributed by atoms with van der Waals surface area (Å²) in [4.78, 5) is 0.